The van der Waals surface area contributed by atoms with Crippen LogP contribution in [0.5, 0.6) is 0 Å². The van der Waals surface area contributed by atoms with E-state index in [0.717, 1.165) is 32.5 Å². The zero-order valence-electron chi connectivity index (χ0n) is 14.2. The summed E-state index contributed by atoms with van der Waals surface area (Å²) < 4.78 is 0. The molecule has 0 aliphatic carbocycles. The summed E-state index contributed by atoms with van der Waals surface area (Å²) in [5.41, 5.74) is 1.22. The second-order valence-corrected chi connectivity index (χ2v) is 6.52. The van der Waals surface area contributed by atoms with Gasteiger partial charge in [0.25, 0.3) is 0 Å². The van der Waals surface area contributed by atoms with Crippen molar-refractivity contribution in [3.63, 3.8) is 0 Å². The number of imide groups is 1. The first-order chi connectivity index (χ1) is 11.6. The summed E-state index contributed by atoms with van der Waals surface area (Å²) in [6.45, 7) is 3.49. The number of benzene rings is 1. The molecule has 2 fully saturated rings. The lowest BCUT2D eigenvalue weighted by Crippen LogP contribution is -2.56. The highest BCUT2D eigenvalue weighted by Crippen LogP contribution is 2.21. The van der Waals surface area contributed by atoms with E-state index >= 15 is 0 Å². The number of likely N-dealkylation sites (tertiary alicyclic amines) is 1. The Bertz CT molecular complexity index is 606. The maximum absolute atomic E-state index is 12.3. The highest BCUT2D eigenvalue weighted by atomic mass is 16.2. The Morgan fingerprint density at radius 3 is 2.50 bits per heavy atom. The van der Waals surface area contributed by atoms with Gasteiger partial charge in [0.1, 0.15) is 0 Å². The molecule has 1 aromatic carbocycles. The molecule has 2 aliphatic heterocycles. The van der Waals surface area contributed by atoms with Gasteiger partial charge in [-0.3, -0.25) is 14.6 Å². The van der Waals surface area contributed by atoms with E-state index in [-0.39, 0.29) is 18.0 Å². The zero-order valence-corrected chi connectivity index (χ0v) is 14.2. The lowest BCUT2D eigenvalue weighted by molar-refractivity contribution is -0.130. The summed E-state index contributed by atoms with van der Waals surface area (Å²) in [5, 5.41) is 0. The summed E-state index contributed by atoms with van der Waals surface area (Å²) in [6, 6.07) is 10.4. The highest BCUT2D eigenvalue weighted by molar-refractivity contribution is 5.96. The molecule has 2 aliphatic rings. The normalized spacial score (nSPS) is 21.0. The first-order valence-electron chi connectivity index (χ1n) is 8.66. The molecule has 0 aromatic heterocycles. The van der Waals surface area contributed by atoms with Crippen molar-refractivity contribution in [1.29, 1.82) is 0 Å². The van der Waals surface area contributed by atoms with Crippen LogP contribution >= 0.6 is 0 Å². The van der Waals surface area contributed by atoms with Gasteiger partial charge in [-0.25, -0.2) is 4.79 Å². The fourth-order valence-electron chi connectivity index (χ4n) is 3.43. The lowest BCUT2D eigenvalue weighted by Gasteiger charge is -2.41. The largest absolute Gasteiger partial charge is 0.326 e. The van der Waals surface area contributed by atoms with Crippen molar-refractivity contribution in [3.8, 4) is 0 Å². The van der Waals surface area contributed by atoms with E-state index in [9.17, 15) is 9.59 Å². The molecule has 0 radical (unpaired) electrons. The van der Waals surface area contributed by atoms with Crippen LogP contribution in [0.15, 0.2) is 36.4 Å². The fraction of sp³-hybridized carbons (Fsp3) is 0.474. The van der Waals surface area contributed by atoms with Crippen molar-refractivity contribution < 1.29 is 9.59 Å². The van der Waals surface area contributed by atoms with Crippen LogP contribution in [0.3, 0.4) is 0 Å². The lowest BCUT2D eigenvalue weighted by atomic mass is 10.0. The highest BCUT2D eigenvalue weighted by Gasteiger charge is 2.34. The Morgan fingerprint density at radius 2 is 1.79 bits per heavy atom. The molecule has 1 aromatic rings. The SMILES string of the molecule is CN1C(=O)CCN(C2CCN(C/C=C\c3ccccc3)CC2)C1=O. The van der Waals surface area contributed by atoms with Gasteiger partial charge in [-0.15, -0.1) is 0 Å². The van der Waals surface area contributed by atoms with E-state index in [1.807, 2.05) is 23.1 Å². The van der Waals surface area contributed by atoms with Gasteiger partial charge in [0.2, 0.25) is 5.91 Å². The first kappa shape index (κ1) is 16.7. The number of nitrogens with zero attached hydrogens (tertiary/aromatic N) is 3. The second kappa shape index (κ2) is 7.62. The number of urea groups is 1. The minimum Gasteiger partial charge on any atom is -0.321 e. The number of carbonyl (C=O) groups is 2. The zero-order chi connectivity index (χ0) is 16.9. The topological polar surface area (TPSA) is 43.9 Å². The Kier molecular flexibility index (Phi) is 5.30. The third-order valence-electron chi connectivity index (χ3n) is 4.94. The molecule has 3 rings (SSSR count). The first-order valence-corrected chi connectivity index (χ1v) is 8.66. The van der Waals surface area contributed by atoms with Crippen LogP contribution in [0.2, 0.25) is 0 Å². The van der Waals surface area contributed by atoms with Crippen molar-refractivity contribution >= 4 is 18.0 Å². The Morgan fingerprint density at radius 1 is 1.08 bits per heavy atom. The van der Waals surface area contributed by atoms with E-state index in [1.54, 1.807) is 7.05 Å². The predicted octanol–water partition coefficient (Wildman–Crippen LogP) is 2.45. The molecule has 5 heteroatoms. The van der Waals surface area contributed by atoms with Crippen molar-refractivity contribution in [2.24, 2.45) is 0 Å². The van der Waals surface area contributed by atoms with Crippen molar-refractivity contribution in [1.82, 2.24) is 14.7 Å². The third kappa shape index (κ3) is 3.85. The summed E-state index contributed by atoms with van der Waals surface area (Å²) in [4.78, 5) is 29.4. The van der Waals surface area contributed by atoms with E-state index in [0.29, 0.717) is 13.0 Å². The number of amides is 3. The van der Waals surface area contributed by atoms with Gasteiger partial charge in [-0.2, -0.15) is 0 Å². The molecule has 0 N–H and O–H groups in total. The molecule has 0 atom stereocenters. The van der Waals surface area contributed by atoms with Crippen molar-refractivity contribution in [2.75, 3.05) is 33.2 Å². The van der Waals surface area contributed by atoms with Gasteiger partial charge in [0.05, 0.1) is 0 Å². The molecule has 24 heavy (non-hydrogen) atoms. The van der Waals surface area contributed by atoms with Crippen LogP contribution < -0.4 is 0 Å². The van der Waals surface area contributed by atoms with Crippen molar-refractivity contribution in [3.05, 3.63) is 42.0 Å². The Labute approximate surface area is 143 Å². The average Bonchev–Trinajstić information content (AvgIpc) is 2.62. The minimum atomic E-state index is -0.131. The Hall–Kier alpha value is -2.14. The molecule has 0 saturated carbocycles. The van der Waals surface area contributed by atoms with Crippen LogP contribution in [-0.2, 0) is 4.79 Å². The Balaban J connectivity index is 1.47. The van der Waals surface area contributed by atoms with E-state index in [4.69, 9.17) is 0 Å². The number of carbonyl (C=O) groups excluding carboxylic acids is 2. The number of rotatable bonds is 4. The van der Waals surface area contributed by atoms with Crippen LogP contribution in [-0.4, -0.2) is 65.9 Å². The van der Waals surface area contributed by atoms with Gasteiger partial charge in [0.15, 0.2) is 0 Å². The minimum absolute atomic E-state index is 0.0697. The molecule has 0 bridgehead atoms. The number of piperidine rings is 1. The summed E-state index contributed by atoms with van der Waals surface area (Å²) in [7, 11) is 1.58. The van der Waals surface area contributed by atoms with Gasteiger partial charge in [-0.05, 0) is 18.4 Å². The quantitative estimate of drug-likeness (QED) is 0.853. The number of hydrogen-bond acceptors (Lipinski definition) is 3. The molecule has 128 valence electrons. The predicted molar refractivity (Wildman–Crippen MR) is 94.4 cm³/mol. The smallest absolute Gasteiger partial charge is 0.321 e. The molecule has 5 nitrogen and oxygen atoms in total. The van der Waals surface area contributed by atoms with Gasteiger partial charge < -0.3 is 4.90 Å². The second-order valence-electron chi connectivity index (χ2n) is 6.52. The van der Waals surface area contributed by atoms with Crippen LogP contribution in [0, 0.1) is 0 Å². The van der Waals surface area contributed by atoms with E-state index in [1.165, 1.54) is 10.5 Å². The van der Waals surface area contributed by atoms with E-state index < -0.39 is 0 Å². The average molecular weight is 327 g/mol. The van der Waals surface area contributed by atoms with Gasteiger partial charge in [0, 0.05) is 45.7 Å². The molecule has 3 amide bonds. The van der Waals surface area contributed by atoms with Gasteiger partial charge in [-0.1, -0.05) is 42.5 Å². The van der Waals surface area contributed by atoms with Crippen LogP contribution in [0.25, 0.3) is 6.08 Å². The summed E-state index contributed by atoms with van der Waals surface area (Å²) in [6.07, 6.45) is 6.76. The summed E-state index contributed by atoms with van der Waals surface area (Å²) in [5.74, 6) is -0.0697. The van der Waals surface area contributed by atoms with E-state index in [2.05, 4.69) is 29.2 Å². The summed E-state index contributed by atoms with van der Waals surface area (Å²) >= 11 is 0. The molecule has 2 saturated heterocycles. The monoisotopic (exact) mass is 327 g/mol. The molecular formula is C19H25N3O2. The number of hydrogen-bond donors (Lipinski definition) is 0. The molecule has 0 unspecified atom stereocenters. The third-order valence-corrected chi connectivity index (χ3v) is 4.94. The van der Waals surface area contributed by atoms with Crippen LogP contribution in [0.4, 0.5) is 4.79 Å². The molecule has 0 spiro atoms. The maximum atomic E-state index is 12.3. The molecular weight excluding hydrogens is 302 g/mol. The maximum Gasteiger partial charge on any atom is 0.326 e. The van der Waals surface area contributed by atoms with Crippen molar-refractivity contribution in [2.45, 2.75) is 25.3 Å². The fourth-order valence-corrected chi connectivity index (χ4v) is 3.43. The standard InChI is InChI=1S/C19H25N3O2/c1-20-18(23)11-15-22(19(20)24)17-9-13-21(14-10-17)12-5-8-16-6-3-2-4-7-16/h2-8,17H,9-15H2,1H3/b8-5-. The van der Waals surface area contributed by atoms with Gasteiger partial charge >= 0.3 is 6.03 Å². The van der Waals surface area contributed by atoms with Crippen LogP contribution in [0.1, 0.15) is 24.8 Å². The molecule has 2 heterocycles.